The number of nitrogen functional groups attached to an aromatic ring is 1. The van der Waals surface area contributed by atoms with Crippen LogP contribution in [0.3, 0.4) is 0 Å². The van der Waals surface area contributed by atoms with Crippen LogP contribution in [0.25, 0.3) is 11.4 Å². The van der Waals surface area contributed by atoms with Crippen LogP contribution >= 0.6 is 0 Å². The van der Waals surface area contributed by atoms with Gasteiger partial charge in [0.15, 0.2) is 0 Å². The van der Waals surface area contributed by atoms with Crippen molar-refractivity contribution in [3.63, 3.8) is 0 Å². The first-order valence-corrected chi connectivity index (χ1v) is 5.89. The number of rotatable bonds is 3. The number of aromatic nitrogens is 3. The maximum atomic E-state index is 5.64. The molecule has 2 heterocycles. The lowest BCUT2D eigenvalue weighted by Crippen LogP contribution is -1.89. The summed E-state index contributed by atoms with van der Waals surface area (Å²) in [5, 5.41) is 3.96. The number of nitrogens with two attached hydrogens (primary N) is 1. The van der Waals surface area contributed by atoms with Crippen molar-refractivity contribution in [1.29, 1.82) is 0 Å². The second kappa shape index (κ2) is 4.89. The molecule has 1 aromatic carbocycles. The number of benzene rings is 1. The first kappa shape index (κ1) is 11.4. The van der Waals surface area contributed by atoms with Crippen molar-refractivity contribution in [1.82, 2.24) is 15.1 Å². The zero-order valence-corrected chi connectivity index (χ0v) is 10.2. The molecule has 2 aromatic heterocycles. The van der Waals surface area contributed by atoms with Crippen LogP contribution in [0.4, 0.5) is 5.69 Å². The van der Waals surface area contributed by atoms with Gasteiger partial charge in [-0.2, -0.15) is 4.98 Å². The van der Waals surface area contributed by atoms with Gasteiger partial charge >= 0.3 is 0 Å². The molecule has 0 atom stereocenters. The van der Waals surface area contributed by atoms with Gasteiger partial charge in [0.2, 0.25) is 11.7 Å². The highest BCUT2D eigenvalue weighted by molar-refractivity contribution is 5.58. The maximum Gasteiger partial charge on any atom is 0.231 e. The van der Waals surface area contributed by atoms with E-state index in [2.05, 4.69) is 15.1 Å². The smallest absolute Gasteiger partial charge is 0.231 e. The fourth-order valence-corrected chi connectivity index (χ4v) is 1.75. The molecule has 5 heteroatoms. The Balaban J connectivity index is 1.82. The van der Waals surface area contributed by atoms with Crippen molar-refractivity contribution in [2.45, 2.75) is 6.42 Å². The molecule has 5 nitrogen and oxygen atoms in total. The first-order valence-electron chi connectivity index (χ1n) is 5.89. The van der Waals surface area contributed by atoms with Crippen molar-refractivity contribution >= 4 is 5.69 Å². The average Bonchev–Trinajstić information content (AvgIpc) is 2.89. The van der Waals surface area contributed by atoms with Gasteiger partial charge in [0.25, 0.3) is 0 Å². The molecule has 0 aliphatic heterocycles. The summed E-state index contributed by atoms with van der Waals surface area (Å²) in [6, 6.07) is 11.2. The van der Waals surface area contributed by atoms with E-state index >= 15 is 0 Å². The fourth-order valence-electron chi connectivity index (χ4n) is 1.75. The minimum Gasteiger partial charge on any atom is -0.399 e. The van der Waals surface area contributed by atoms with E-state index in [0.717, 1.165) is 11.1 Å². The maximum absolute atomic E-state index is 5.64. The van der Waals surface area contributed by atoms with Crippen molar-refractivity contribution in [3.8, 4) is 11.4 Å². The first-order chi connectivity index (χ1) is 9.31. The summed E-state index contributed by atoms with van der Waals surface area (Å²) in [6.07, 6.45) is 4.10. The Hall–Kier alpha value is -2.69. The van der Waals surface area contributed by atoms with Crippen LogP contribution in [-0.2, 0) is 6.42 Å². The van der Waals surface area contributed by atoms with Gasteiger partial charge in [-0.3, -0.25) is 4.98 Å². The quantitative estimate of drug-likeness (QED) is 0.724. The molecule has 3 rings (SSSR count). The van der Waals surface area contributed by atoms with Gasteiger partial charge in [-0.05, 0) is 35.9 Å². The standard InChI is InChI=1S/C14H12N4O/c15-12-5-3-11(4-6-12)14-17-13(19-18-14)8-10-2-1-7-16-9-10/h1-7,9H,8,15H2. The highest BCUT2D eigenvalue weighted by atomic mass is 16.5. The molecular formula is C14H12N4O. The highest BCUT2D eigenvalue weighted by Crippen LogP contribution is 2.18. The van der Waals surface area contributed by atoms with Crippen LogP contribution < -0.4 is 5.73 Å². The molecule has 0 amide bonds. The molecule has 0 radical (unpaired) electrons. The van der Waals surface area contributed by atoms with Crippen LogP contribution in [0.15, 0.2) is 53.3 Å². The van der Waals surface area contributed by atoms with Crippen molar-refractivity contribution in [2.24, 2.45) is 0 Å². The summed E-state index contributed by atoms with van der Waals surface area (Å²) in [6.45, 7) is 0. The Labute approximate surface area is 110 Å². The number of anilines is 1. The van der Waals surface area contributed by atoms with Crippen LogP contribution in [0.5, 0.6) is 0 Å². The van der Waals surface area contributed by atoms with Gasteiger partial charge in [-0.15, -0.1) is 0 Å². The number of hydrogen-bond acceptors (Lipinski definition) is 5. The van der Waals surface area contributed by atoms with Gasteiger partial charge in [-0.1, -0.05) is 11.2 Å². The van der Waals surface area contributed by atoms with E-state index < -0.39 is 0 Å². The predicted octanol–water partition coefficient (Wildman–Crippen LogP) is 2.30. The van der Waals surface area contributed by atoms with E-state index in [0.29, 0.717) is 23.8 Å². The summed E-state index contributed by atoms with van der Waals surface area (Å²) in [5.41, 5.74) is 8.27. The van der Waals surface area contributed by atoms with E-state index in [9.17, 15) is 0 Å². The lowest BCUT2D eigenvalue weighted by molar-refractivity contribution is 0.385. The van der Waals surface area contributed by atoms with E-state index in [1.165, 1.54) is 0 Å². The number of pyridine rings is 1. The van der Waals surface area contributed by atoms with E-state index in [-0.39, 0.29) is 0 Å². The molecule has 2 N–H and O–H groups in total. The summed E-state index contributed by atoms with van der Waals surface area (Å²) >= 11 is 0. The third-order valence-corrected chi connectivity index (χ3v) is 2.72. The molecule has 3 aromatic rings. The molecule has 0 aliphatic rings. The van der Waals surface area contributed by atoms with Crippen molar-refractivity contribution < 1.29 is 4.52 Å². The van der Waals surface area contributed by atoms with E-state index in [4.69, 9.17) is 10.3 Å². The summed E-state index contributed by atoms with van der Waals surface area (Å²) < 4.78 is 5.23. The molecule has 94 valence electrons. The van der Waals surface area contributed by atoms with Crippen molar-refractivity contribution in [3.05, 3.63) is 60.2 Å². The normalized spacial score (nSPS) is 10.5. The molecule has 0 saturated carbocycles. The van der Waals surface area contributed by atoms with Crippen molar-refractivity contribution in [2.75, 3.05) is 5.73 Å². The molecule has 0 fully saturated rings. The number of nitrogens with zero attached hydrogens (tertiary/aromatic N) is 3. The molecule has 0 unspecified atom stereocenters. The van der Waals surface area contributed by atoms with Gasteiger partial charge < -0.3 is 10.3 Å². The topological polar surface area (TPSA) is 77.8 Å². The summed E-state index contributed by atoms with van der Waals surface area (Å²) in [7, 11) is 0. The van der Waals surface area contributed by atoms with E-state index in [1.807, 2.05) is 36.4 Å². The molecular weight excluding hydrogens is 240 g/mol. The summed E-state index contributed by atoms with van der Waals surface area (Å²) in [5.74, 6) is 1.14. The molecule has 0 aliphatic carbocycles. The Morgan fingerprint density at radius 3 is 2.68 bits per heavy atom. The third kappa shape index (κ3) is 2.60. The molecule has 19 heavy (non-hydrogen) atoms. The van der Waals surface area contributed by atoms with E-state index in [1.54, 1.807) is 12.4 Å². The van der Waals surface area contributed by atoms with Crippen LogP contribution in [0, 0.1) is 0 Å². The van der Waals surface area contributed by atoms with Crippen LogP contribution in [-0.4, -0.2) is 15.1 Å². The molecule has 0 saturated heterocycles. The zero-order valence-electron chi connectivity index (χ0n) is 10.2. The van der Waals surface area contributed by atoms with Crippen LogP contribution in [0.2, 0.25) is 0 Å². The van der Waals surface area contributed by atoms with Gasteiger partial charge in [0, 0.05) is 23.6 Å². The van der Waals surface area contributed by atoms with Gasteiger partial charge in [0.05, 0.1) is 6.42 Å². The lowest BCUT2D eigenvalue weighted by Gasteiger charge is -1.95. The Bertz CT molecular complexity index is 661. The SMILES string of the molecule is Nc1ccc(-c2noc(Cc3cccnc3)n2)cc1. The second-order valence-corrected chi connectivity index (χ2v) is 4.17. The molecule has 0 bridgehead atoms. The summed E-state index contributed by atoms with van der Waals surface area (Å²) in [4.78, 5) is 8.41. The minimum absolute atomic E-state index is 0.568. The van der Waals surface area contributed by atoms with Gasteiger partial charge in [-0.25, -0.2) is 0 Å². The molecule has 0 spiro atoms. The lowest BCUT2D eigenvalue weighted by atomic mass is 10.2. The largest absolute Gasteiger partial charge is 0.399 e. The monoisotopic (exact) mass is 252 g/mol. The van der Waals surface area contributed by atoms with Gasteiger partial charge in [0.1, 0.15) is 0 Å². The third-order valence-electron chi connectivity index (χ3n) is 2.72. The Morgan fingerprint density at radius 2 is 1.95 bits per heavy atom. The second-order valence-electron chi connectivity index (χ2n) is 4.17. The average molecular weight is 252 g/mol. The predicted molar refractivity (Wildman–Crippen MR) is 71.2 cm³/mol. The Kier molecular flexibility index (Phi) is 2.94. The van der Waals surface area contributed by atoms with Crippen LogP contribution in [0.1, 0.15) is 11.5 Å². The number of hydrogen-bond donors (Lipinski definition) is 1. The Morgan fingerprint density at radius 1 is 1.11 bits per heavy atom. The minimum atomic E-state index is 0.568. The zero-order chi connectivity index (χ0) is 13.1. The fraction of sp³-hybridized carbons (Fsp3) is 0.0714. The highest BCUT2D eigenvalue weighted by Gasteiger charge is 2.09.